The summed E-state index contributed by atoms with van der Waals surface area (Å²) < 4.78 is 29.4. The van der Waals surface area contributed by atoms with E-state index in [4.69, 9.17) is 4.74 Å². The van der Waals surface area contributed by atoms with Crippen LogP contribution in [0.4, 0.5) is 11.4 Å². The second-order valence-corrected chi connectivity index (χ2v) is 5.70. The molecule has 1 aromatic rings. The van der Waals surface area contributed by atoms with Crippen LogP contribution >= 0.6 is 0 Å². The van der Waals surface area contributed by atoms with Crippen LogP contribution in [0.25, 0.3) is 0 Å². The van der Waals surface area contributed by atoms with E-state index >= 15 is 0 Å². The van der Waals surface area contributed by atoms with Crippen LogP contribution in [0, 0.1) is 0 Å². The second-order valence-electron chi connectivity index (χ2n) is 3.95. The van der Waals surface area contributed by atoms with E-state index in [1.54, 1.807) is 19.2 Å². The van der Waals surface area contributed by atoms with E-state index in [9.17, 15) is 8.42 Å². The van der Waals surface area contributed by atoms with Crippen LogP contribution in [0.2, 0.25) is 0 Å². The topological polar surface area (TPSA) is 67.4 Å². The third-order valence-electron chi connectivity index (χ3n) is 2.02. The number of anilines is 2. The zero-order valence-electron chi connectivity index (χ0n) is 10.2. The van der Waals surface area contributed by atoms with E-state index in [1.807, 2.05) is 19.1 Å². The molecule has 0 saturated carbocycles. The number of hydrogen-bond acceptors (Lipinski definition) is 4. The Labute approximate surface area is 102 Å². The molecule has 0 aromatic heterocycles. The molecule has 0 saturated heterocycles. The molecule has 1 rings (SSSR count). The molecular weight excluding hydrogens is 240 g/mol. The van der Waals surface area contributed by atoms with Crippen LogP contribution < -0.4 is 10.0 Å². The van der Waals surface area contributed by atoms with Gasteiger partial charge in [0.1, 0.15) is 0 Å². The maximum Gasteiger partial charge on any atom is 0.229 e. The van der Waals surface area contributed by atoms with Crippen LogP contribution in [0.15, 0.2) is 24.3 Å². The van der Waals surface area contributed by atoms with Crippen molar-refractivity contribution in [1.82, 2.24) is 0 Å². The molecule has 0 spiro atoms. The number of sulfonamides is 1. The van der Waals surface area contributed by atoms with Crippen molar-refractivity contribution < 1.29 is 13.2 Å². The fourth-order valence-electron chi connectivity index (χ4n) is 1.42. The fraction of sp³-hybridized carbons (Fsp3) is 0.455. The van der Waals surface area contributed by atoms with Crippen molar-refractivity contribution in [3.63, 3.8) is 0 Å². The van der Waals surface area contributed by atoms with Gasteiger partial charge in [0.25, 0.3) is 0 Å². The molecule has 1 atom stereocenters. The van der Waals surface area contributed by atoms with E-state index in [0.29, 0.717) is 12.3 Å². The van der Waals surface area contributed by atoms with Crippen LogP contribution in [0.5, 0.6) is 0 Å². The average Bonchev–Trinajstić information content (AvgIpc) is 2.19. The van der Waals surface area contributed by atoms with Crippen LogP contribution in [-0.4, -0.2) is 34.4 Å². The van der Waals surface area contributed by atoms with E-state index in [-0.39, 0.29) is 6.04 Å². The first-order chi connectivity index (χ1) is 7.90. The summed E-state index contributed by atoms with van der Waals surface area (Å²) in [5.41, 5.74) is 1.48. The Balaban J connectivity index is 2.62. The highest BCUT2D eigenvalue weighted by molar-refractivity contribution is 7.92. The highest BCUT2D eigenvalue weighted by Gasteiger charge is 2.03. The minimum Gasteiger partial charge on any atom is -0.383 e. The molecule has 1 unspecified atom stereocenters. The predicted molar refractivity (Wildman–Crippen MR) is 69.9 cm³/mol. The van der Waals surface area contributed by atoms with E-state index < -0.39 is 10.0 Å². The summed E-state index contributed by atoms with van der Waals surface area (Å²) in [5, 5.41) is 3.23. The third kappa shape index (κ3) is 5.55. The molecule has 6 heteroatoms. The van der Waals surface area contributed by atoms with Crippen LogP contribution in [0.1, 0.15) is 6.92 Å². The van der Waals surface area contributed by atoms with Gasteiger partial charge < -0.3 is 10.1 Å². The first kappa shape index (κ1) is 13.8. The first-order valence-electron chi connectivity index (χ1n) is 5.24. The van der Waals surface area contributed by atoms with Crippen molar-refractivity contribution in [3.05, 3.63) is 24.3 Å². The number of methoxy groups -OCH3 is 1. The van der Waals surface area contributed by atoms with E-state index in [0.717, 1.165) is 11.9 Å². The van der Waals surface area contributed by atoms with Gasteiger partial charge in [-0.2, -0.15) is 0 Å². The van der Waals surface area contributed by atoms with Gasteiger partial charge in [-0.3, -0.25) is 4.72 Å². The van der Waals surface area contributed by atoms with Gasteiger partial charge >= 0.3 is 0 Å². The predicted octanol–water partition coefficient (Wildman–Crippen LogP) is 1.50. The fourth-order valence-corrected chi connectivity index (χ4v) is 1.99. The van der Waals surface area contributed by atoms with Gasteiger partial charge in [-0.1, -0.05) is 0 Å². The Morgan fingerprint density at radius 3 is 2.24 bits per heavy atom. The second kappa shape index (κ2) is 5.88. The lowest BCUT2D eigenvalue weighted by molar-refractivity contribution is 0.190. The zero-order chi connectivity index (χ0) is 12.9. The summed E-state index contributed by atoms with van der Waals surface area (Å²) in [6.45, 7) is 2.62. The first-order valence-corrected chi connectivity index (χ1v) is 7.13. The Morgan fingerprint density at radius 1 is 1.24 bits per heavy atom. The number of ether oxygens (including phenoxy) is 1. The zero-order valence-corrected chi connectivity index (χ0v) is 11.0. The minimum atomic E-state index is -3.21. The van der Waals surface area contributed by atoms with Gasteiger partial charge in [-0.05, 0) is 31.2 Å². The van der Waals surface area contributed by atoms with Gasteiger partial charge in [0.2, 0.25) is 10.0 Å². The number of rotatable bonds is 6. The lowest BCUT2D eigenvalue weighted by Crippen LogP contribution is -2.20. The van der Waals surface area contributed by atoms with Gasteiger partial charge in [-0.15, -0.1) is 0 Å². The summed E-state index contributed by atoms with van der Waals surface area (Å²) in [6.07, 6.45) is 1.12. The van der Waals surface area contributed by atoms with E-state index in [1.165, 1.54) is 0 Å². The maximum atomic E-state index is 11.0. The van der Waals surface area contributed by atoms with Crippen molar-refractivity contribution in [2.45, 2.75) is 13.0 Å². The summed E-state index contributed by atoms with van der Waals surface area (Å²) in [7, 11) is -1.56. The summed E-state index contributed by atoms with van der Waals surface area (Å²) in [4.78, 5) is 0. The molecule has 0 amide bonds. The Kier molecular flexibility index (Phi) is 4.77. The van der Waals surface area contributed by atoms with Crippen molar-refractivity contribution >= 4 is 21.4 Å². The largest absolute Gasteiger partial charge is 0.383 e. The van der Waals surface area contributed by atoms with Crippen molar-refractivity contribution in [2.24, 2.45) is 0 Å². The standard InChI is InChI=1S/C11H18N2O3S/c1-9(8-16-2)12-10-4-6-11(7-5-10)13-17(3,14)15/h4-7,9,12-13H,8H2,1-3H3. The molecule has 5 nitrogen and oxygen atoms in total. The van der Waals surface area contributed by atoms with Crippen LogP contribution in [-0.2, 0) is 14.8 Å². The quantitative estimate of drug-likeness (QED) is 0.811. The molecule has 0 aliphatic heterocycles. The SMILES string of the molecule is COCC(C)Nc1ccc(NS(C)(=O)=O)cc1. The van der Waals surface area contributed by atoms with E-state index in [2.05, 4.69) is 10.0 Å². The molecule has 1 aromatic carbocycles. The van der Waals surface area contributed by atoms with Crippen molar-refractivity contribution in [2.75, 3.05) is 30.0 Å². The monoisotopic (exact) mass is 258 g/mol. The normalized spacial score (nSPS) is 13.1. The number of hydrogen-bond donors (Lipinski definition) is 2. The lowest BCUT2D eigenvalue weighted by Gasteiger charge is -2.14. The van der Waals surface area contributed by atoms with Crippen LogP contribution in [0.3, 0.4) is 0 Å². The smallest absolute Gasteiger partial charge is 0.229 e. The van der Waals surface area contributed by atoms with Gasteiger partial charge in [-0.25, -0.2) is 8.42 Å². The van der Waals surface area contributed by atoms with Gasteiger partial charge in [0.15, 0.2) is 0 Å². The highest BCUT2D eigenvalue weighted by atomic mass is 32.2. The molecule has 0 aliphatic rings. The molecule has 0 radical (unpaired) electrons. The maximum absolute atomic E-state index is 11.0. The molecule has 0 aliphatic carbocycles. The van der Waals surface area contributed by atoms with Gasteiger partial charge in [0.05, 0.1) is 12.9 Å². The Bertz CT molecular complexity index is 442. The van der Waals surface area contributed by atoms with Gasteiger partial charge in [0, 0.05) is 24.5 Å². The Hall–Kier alpha value is -1.27. The number of benzene rings is 1. The molecule has 0 heterocycles. The minimum absolute atomic E-state index is 0.203. The molecule has 2 N–H and O–H groups in total. The molecular formula is C11H18N2O3S. The lowest BCUT2D eigenvalue weighted by atomic mass is 10.2. The Morgan fingerprint density at radius 2 is 1.76 bits per heavy atom. The average molecular weight is 258 g/mol. The molecule has 0 bridgehead atoms. The number of nitrogens with one attached hydrogen (secondary N) is 2. The summed E-state index contributed by atoms with van der Waals surface area (Å²) in [5.74, 6) is 0. The van der Waals surface area contributed by atoms with Crippen molar-refractivity contribution in [1.29, 1.82) is 0 Å². The molecule has 17 heavy (non-hydrogen) atoms. The molecule has 0 fully saturated rings. The molecule has 96 valence electrons. The highest BCUT2D eigenvalue weighted by Crippen LogP contribution is 2.15. The van der Waals surface area contributed by atoms with Crippen molar-refractivity contribution in [3.8, 4) is 0 Å². The summed E-state index contributed by atoms with van der Waals surface area (Å²) in [6, 6.07) is 7.26. The summed E-state index contributed by atoms with van der Waals surface area (Å²) >= 11 is 0. The third-order valence-corrected chi connectivity index (χ3v) is 2.62.